The fourth-order valence-electron chi connectivity index (χ4n) is 2.49. The van der Waals surface area contributed by atoms with Crippen LogP contribution in [0.4, 0.5) is 5.82 Å². The van der Waals surface area contributed by atoms with Crippen LogP contribution in [-0.2, 0) is 0 Å². The summed E-state index contributed by atoms with van der Waals surface area (Å²) in [6.07, 6.45) is 4.66. The lowest BCUT2D eigenvalue weighted by Gasteiger charge is -2.41. The molecule has 0 N–H and O–H groups in total. The average Bonchev–Trinajstić information content (AvgIpc) is 2.23. The molecule has 4 heteroatoms. The summed E-state index contributed by atoms with van der Waals surface area (Å²) in [5.41, 5.74) is 0. The minimum absolute atomic E-state index is 0.468. The molecule has 1 aliphatic heterocycles. The highest BCUT2D eigenvalue weighted by Crippen LogP contribution is 2.30. The van der Waals surface area contributed by atoms with Crippen molar-refractivity contribution in [2.24, 2.45) is 11.8 Å². The van der Waals surface area contributed by atoms with Crippen molar-refractivity contribution in [2.45, 2.75) is 33.2 Å². The third-order valence-corrected chi connectivity index (χ3v) is 3.67. The fraction of sp³-hybridized carbons (Fsp3) is 0.667. The lowest BCUT2D eigenvalue weighted by Crippen LogP contribution is -2.46. The van der Waals surface area contributed by atoms with E-state index in [-0.39, 0.29) is 0 Å². The third kappa shape index (κ3) is 2.29. The molecule has 1 aliphatic rings. The predicted molar refractivity (Wildman–Crippen MR) is 66.8 cm³/mol. The molecule has 3 unspecified atom stereocenters. The van der Waals surface area contributed by atoms with Gasteiger partial charge in [0.1, 0.15) is 11.0 Å². The fourth-order valence-corrected chi connectivity index (χ4v) is 2.63. The van der Waals surface area contributed by atoms with Crippen molar-refractivity contribution in [1.29, 1.82) is 0 Å². The Morgan fingerprint density at radius 3 is 2.75 bits per heavy atom. The van der Waals surface area contributed by atoms with Gasteiger partial charge in [0.25, 0.3) is 0 Å². The number of halogens is 1. The van der Waals surface area contributed by atoms with Crippen LogP contribution in [0.2, 0.25) is 5.15 Å². The summed E-state index contributed by atoms with van der Waals surface area (Å²) in [5.74, 6) is 2.29. The highest BCUT2D eigenvalue weighted by molar-refractivity contribution is 6.29. The Balaban J connectivity index is 2.25. The minimum atomic E-state index is 0.468. The maximum atomic E-state index is 5.88. The molecular weight excluding hydrogens is 222 g/mol. The van der Waals surface area contributed by atoms with Gasteiger partial charge in [-0.2, -0.15) is 0 Å². The summed E-state index contributed by atoms with van der Waals surface area (Å²) in [4.78, 5) is 10.8. The van der Waals surface area contributed by atoms with E-state index in [9.17, 15) is 0 Å². The van der Waals surface area contributed by atoms with Crippen LogP contribution in [0.1, 0.15) is 27.2 Å². The average molecular weight is 240 g/mol. The van der Waals surface area contributed by atoms with E-state index in [2.05, 4.69) is 35.6 Å². The molecule has 0 amide bonds. The monoisotopic (exact) mass is 239 g/mol. The number of aromatic nitrogens is 2. The molecule has 0 aliphatic carbocycles. The molecule has 1 saturated heterocycles. The van der Waals surface area contributed by atoms with Crippen LogP contribution in [0.15, 0.2) is 12.4 Å². The second-order valence-electron chi connectivity index (χ2n) is 4.91. The van der Waals surface area contributed by atoms with Crippen LogP contribution in [0, 0.1) is 11.8 Å². The molecule has 0 radical (unpaired) electrons. The van der Waals surface area contributed by atoms with Crippen LogP contribution in [-0.4, -0.2) is 22.6 Å². The van der Waals surface area contributed by atoms with Crippen molar-refractivity contribution in [3.8, 4) is 0 Å². The largest absolute Gasteiger partial charge is 0.352 e. The van der Waals surface area contributed by atoms with Crippen molar-refractivity contribution in [3.63, 3.8) is 0 Å². The van der Waals surface area contributed by atoms with Gasteiger partial charge in [0, 0.05) is 12.6 Å². The maximum absolute atomic E-state index is 5.88. The first kappa shape index (κ1) is 11.6. The zero-order chi connectivity index (χ0) is 11.7. The van der Waals surface area contributed by atoms with E-state index in [1.165, 1.54) is 6.42 Å². The summed E-state index contributed by atoms with van der Waals surface area (Å²) in [5, 5.41) is 0.468. The number of nitrogens with zero attached hydrogens (tertiary/aromatic N) is 3. The first-order chi connectivity index (χ1) is 7.58. The molecular formula is C12H18ClN3. The van der Waals surface area contributed by atoms with Gasteiger partial charge in [-0.15, -0.1) is 0 Å². The number of hydrogen-bond donors (Lipinski definition) is 0. The summed E-state index contributed by atoms with van der Waals surface area (Å²) in [6.45, 7) is 7.87. The number of anilines is 1. The van der Waals surface area contributed by atoms with Gasteiger partial charge in [-0.1, -0.05) is 25.4 Å². The molecule has 16 heavy (non-hydrogen) atoms. The summed E-state index contributed by atoms with van der Waals surface area (Å²) < 4.78 is 0. The zero-order valence-electron chi connectivity index (χ0n) is 10.0. The van der Waals surface area contributed by atoms with Crippen LogP contribution < -0.4 is 4.90 Å². The van der Waals surface area contributed by atoms with E-state index >= 15 is 0 Å². The van der Waals surface area contributed by atoms with Crippen molar-refractivity contribution in [1.82, 2.24) is 9.97 Å². The number of piperidine rings is 1. The normalized spacial score (nSPS) is 30.5. The first-order valence-electron chi connectivity index (χ1n) is 5.82. The molecule has 1 fully saturated rings. The molecule has 2 rings (SSSR count). The smallest absolute Gasteiger partial charge is 0.149 e. The van der Waals surface area contributed by atoms with Gasteiger partial charge < -0.3 is 4.90 Å². The van der Waals surface area contributed by atoms with Crippen molar-refractivity contribution in [3.05, 3.63) is 17.5 Å². The first-order valence-corrected chi connectivity index (χ1v) is 6.20. The maximum Gasteiger partial charge on any atom is 0.149 e. The molecule has 0 bridgehead atoms. The molecule has 1 aromatic heterocycles. The number of rotatable bonds is 1. The highest BCUT2D eigenvalue weighted by Gasteiger charge is 2.29. The molecule has 3 nitrogen and oxygen atoms in total. The van der Waals surface area contributed by atoms with Crippen molar-refractivity contribution >= 4 is 17.4 Å². The zero-order valence-corrected chi connectivity index (χ0v) is 10.8. The van der Waals surface area contributed by atoms with E-state index in [0.717, 1.165) is 12.4 Å². The minimum Gasteiger partial charge on any atom is -0.352 e. The van der Waals surface area contributed by atoms with Crippen LogP contribution in [0.3, 0.4) is 0 Å². The SMILES string of the molecule is CC1CC(C)C(C)N(c2cncc(Cl)n2)C1. The predicted octanol–water partition coefficient (Wildman–Crippen LogP) is 3.00. The molecule has 1 aromatic rings. The van der Waals surface area contributed by atoms with E-state index in [0.29, 0.717) is 23.0 Å². The van der Waals surface area contributed by atoms with Crippen molar-refractivity contribution in [2.75, 3.05) is 11.4 Å². The molecule has 3 atom stereocenters. The van der Waals surface area contributed by atoms with Crippen LogP contribution >= 0.6 is 11.6 Å². The van der Waals surface area contributed by atoms with Crippen molar-refractivity contribution < 1.29 is 0 Å². The van der Waals surface area contributed by atoms with Gasteiger partial charge in [0.05, 0.1) is 12.4 Å². The van der Waals surface area contributed by atoms with Gasteiger partial charge >= 0.3 is 0 Å². The quantitative estimate of drug-likeness (QED) is 0.755. The summed E-state index contributed by atoms with van der Waals surface area (Å²) in [6, 6.07) is 0.504. The van der Waals surface area contributed by atoms with E-state index in [4.69, 9.17) is 11.6 Å². The summed E-state index contributed by atoms with van der Waals surface area (Å²) >= 11 is 5.88. The van der Waals surface area contributed by atoms with E-state index in [1.54, 1.807) is 12.4 Å². The molecule has 0 spiro atoms. The molecule has 0 aromatic carbocycles. The summed E-state index contributed by atoms with van der Waals surface area (Å²) in [7, 11) is 0. The number of hydrogen-bond acceptors (Lipinski definition) is 3. The Bertz CT molecular complexity index is 369. The van der Waals surface area contributed by atoms with E-state index in [1.807, 2.05) is 0 Å². The molecule has 0 saturated carbocycles. The Morgan fingerprint density at radius 2 is 2.06 bits per heavy atom. The van der Waals surface area contributed by atoms with E-state index < -0.39 is 0 Å². The lowest BCUT2D eigenvalue weighted by molar-refractivity contribution is 0.295. The van der Waals surface area contributed by atoms with Gasteiger partial charge in [-0.05, 0) is 25.2 Å². The second-order valence-corrected chi connectivity index (χ2v) is 5.30. The Kier molecular flexibility index (Phi) is 3.33. The third-order valence-electron chi connectivity index (χ3n) is 3.48. The molecule has 2 heterocycles. The Labute approximate surface area is 102 Å². The standard InChI is InChI=1S/C12H18ClN3/c1-8-4-9(2)10(3)16(7-8)12-6-14-5-11(13)15-12/h5-6,8-10H,4,7H2,1-3H3. The Morgan fingerprint density at radius 1 is 1.31 bits per heavy atom. The lowest BCUT2D eigenvalue weighted by atomic mass is 9.86. The van der Waals surface area contributed by atoms with Crippen LogP contribution in [0.25, 0.3) is 0 Å². The molecule has 88 valence electrons. The van der Waals surface area contributed by atoms with Gasteiger partial charge in [0.15, 0.2) is 0 Å². The van der Waals surface area contributed by atoms with Crippen LogP contribution in [0.5, 0.6) is 0 Å². The second kappa shape index (κ2) is 4.58. The van der Waals surface area contributed by atoms with Gasteiger partial charge in [-0.25, -0.2) is 4.98 Å². The highest BCUT2D eigenvalue weighted by atomic mass is 35.5. The van der Waals surface area contributed by atoms with Gasteiger partial charge in [0.2, 0.25) is 0 Å². The Hall–Kier alpha value is -0.830. The van der Waals surface area contributed by atoms with Gasteiger partial charge in [-0.3, -0.25) is 4.98 Å². The topological polar surface area (TPSA) is 29.0 Å².